The average Bonchev–Trinajstić information content (AvgIpc) is 2.79. The van der Waals surface area contributed by atoms with E-state index in [0.717, 1.165) is 5.56 Å². The molecule has 0 unspecified atom stereocenters. The molecule has 0 saturated carbocycles. The number of alkyl carbamates (subject to hydrolysis) is 2. The van der Waals surface area contributed by atoms with E-state index in [1.165, 1.54) is 6.07 Å². The molecule has 0 saturated heterocycles. The topological polar surface area (TPSA) is 135 Å². The molecule has 0 radical (unpaired) electrons. The molecular weight excluding hydrogens is 488 g/mol. The number of nitrogens with one attached hydrogen (secondary N) is 3. The number of nitrogens with zero attached hydrogens (tertiary/aromatic N) is 1. The minimum Gasteiger partial charge on any atom is -0.444 e. The van der Waals surface area contributed by atoms with Gasteiger partial charge in [0, 0.05) is 12.0 Å². The Balaban J connectivity index is 2.09. The zero-order valence-electron chi connectivity index (χ0n) is 22.7. The first kappa shape index (κ1) is 30.0. The number of rotatable bonds is 7. The third kappa shape index (κ3) is 12.2. The molecular formula is C28H36N4O6. The summed E-state index contributed by atoms with van der Waals surface area (Å²) < 4.78 is 10.5. The van der Waals surface area contributed by atoms with Gasteiger partial charge < -0.3 is 14.8 Å². The van der Waals surface area contributed by atoms with Crippen LogP contribution in [0.5, 0.6) is 0 Å². The molecule has 0 aliphatic carbocycles. The van der Waals surface area contributed by atoms with Crippen LogP contribution in [0.4, 0.5) is 15.3 Å². The Kier molecular flexibility index (Phi) is 10.6. The van der Waals surface area contributed by atoms with Crippen LogP contribution in [0, 0.1) is 0 Å². The Morgan fingerprint density at radius 3 is 1.92 bits per heavy atom. The summed E-state index contributed by atoms with van der Waals surface area (Å²) in [7, 11) is 0. The van der Waals surface area contributed by atoms with Crippen molar-refractivity contribution >= 4 is 35.5 Å². The van der Waals surface area contributed by atoms with Crippen LogP contribution in [-0.2, 0) is 20.7 Å². The number of hydrogen-bond acceptors (Lipinski definition) is 7. The van der Waals surface area contributed by atoms with E-state index in [1.54, 1.807) is 59.7 Å². The highest BCUT2D eigenvalue weighted by Crippen LogP contribution is 2.15. The molecule has 0 aromatic heterocycles. The van der Waals surface area contributed by atoms with Gasteiger partial charge in [-0.1, -0.05) is 36.4 Å². The summed E-state index contributed by atoms with van der Waals surface area (Å²) in [6.45, 7) is 10.1. The fraction of sp³-hybridized carbons (Fsp3) is 0.393. The summed E-state index contributed by atoms with van der Waals surface area (Å²) in [6, 6.07) is 15.8. The number of benzene rings is 2. The molecule has 2 aromatic rings. The van der Waals surface area contributed by atoms with Crippen LogP contribution in [0.2, 0.25) is 0 Å². The smallest absolute Gasteiger partial charge is 0.414 e. The highest BCUT2D eigenvalue weighted by Gasteiger charge is 2.21. The number of aliphatic imine (C=N–C) groups is 1. The predicted octanol–water partition coefficient (Wildman–Crippen LogP) is 4.66. The van der Waals surface area contributed by atoms with E-state index in [4.69, 9.17) is 9.47 Å². The zero-order chi connectivity index (χ0) is 28.3. The van der Waals surface area contributed by atoms with Gasteiger partial charge in [0.05, 0.1) is 12.2 Å². The maximum absolute atomic E-state index is 12.6. The number of aryl methyl sites for hydroxylation is 1. The van der Waals surface area contributed by atoms with Gasteiger partial charge in [0.15, 0.2) is 5.78 Å². The first-order valence-corrected chi connectivity index (χ1v) is 12.2. The van der Waals surface area contributed by atoms with Gasteiger partial charge in [-0.05, 0) is 71.7 Å². The third-order valence-electron chi connectivity index (χ3n) is 4.57. The first-order valence-electron chi connectivity index (χ1n) is 12.2. The average molecular weight is 525 g/mol. The van der Waals surface area contributed by atoms with E-state index in [-0.39, 0.29) is 29.5 Å². The van der Waals surface area contributed by atoms with Gasteiger partial charge >= 0.3 is 12.2 Å². The van der Waals surface area contributed by atoms with Gasteiger partial charge in [0.1, 0.15) is 11.2 Å². The molecule has 3 N–H and O–H groups in total. The maximum Gasteiger partial charge on any atom is 0.414 e. The summed E-state index contributed by atoms with van der Waals surface area (Å²) in [5.41, 5.74) is -0.00495. The lowest BCUT2D eigenvalue weighted by Crippen LogP contribution is -2.47. The van der Waals surface area contributed by atoms with Crippen molar-refractivity contribution in [2.75, 3.05) is 6.54 Å². The second-order valence-electron chi connectivity index (χ2n) is 10.5. The maximum atomic E-state index is 12.6. The van der Waals surface area contributed by atoms with Crippen molar-refractivity contribution in [1.82, 2.24) is 16.0 Å². The predicted molar refractivity (Wildman–Crippen MR) is 144 cm³/mol. The van der Waals surface area contributed by atoms with Crippen molar-refractivity contribution in [2.24, 2.45) is 4.99 Å². The molecule has 0 heterocycles. The molecule has 10 nitrogen and oxygen atoms in total. The summed E-state index contributed by atoms with van der Waals surface area (Å²) in [5.74, 6) is -0.805. The van der Waals surface area contributed by atoms with E-state index in [0.29, 0.717) is 12.8 Å². The zero-order valence-corrected chi connectivity index (χ0v) is 22.7. The van der Waals surface area contributed by atoms with E-state index in [1.807, 2.05) is 30.3 Å². The van der Waals surface area contributed by atoms with Gasteiger partial charge in [0.2, 0.25) is 5.96 Å². The molecule has 204 valence electrons. The van der Waals surface area contributed by atoms with Crippen LogP contribution in [0.1, 0.15) is 63.9 Å². The van der Waals surface area contributed by atoms with Gasteiger partial charge in [-0.3, -0.25) is 20.2 Å². The van der Waals surface area contributed by atoms with Gasteiger partial charge in [-0.2, -0.15) is 0 Å². The van der Waals surface area contributed by atoms with Crippen LogP contribution >= 0.6 is 0 Å². The number of amides is 3. The SMILES string of the molecule is CC(C)(C)OC(=O)NC(=Nc1cccc(C(=O)NCC(=O)CCc2ccccc2)c1)NC(=O)OC(C)(C)C. The van der Waals surface area contributed by atoms with E-state index in [2.05, 4.69) is 20.9 Å². The molecule has 0 fully saturated rings. The molecule has 38 heavy (non-hydrogen) atoms. The number of carbonyl (C=O) groups is 4. The molecule has 0 bridgehead atoms. The van der Waals surface area contributed by atoms with Crippen molar-refractivity contribution in [3.05, 3.63) is 65.7 Å². The van der Waals surface area contributed by atoms with Crippen LogP contribution < -0.4 is 16.0 Å². The van der Waals surface area contributed by atoms with Gasteiger partial charge in [-0.25, -0.2) is 14.6 Å². The van der Waals surface area contributed by atoms with Crippen molar-refractivity contribution in [3.8, 4) is 0 Å². The van der Waals surface area contributed by atoms with Crippen LogP contribution in [0.25, 0.3) is 0 Å². The Labute approximate surface area is 223 Å². The molecule has 10 heteroatoms. The fourth-order valence-electron chi connectivity index (χ4n) is 3.03. The number of ketones is 1. The van der Waals surface area contributed by atoms with Crippen molar-refractivity contribution < 1.29 is 28.7 Å². The lowest BCUT2D eigenvalue weighted by atomic mass is 10.1. The molecule has 0 atom stereocenters. The highest BCUT2D eigenvalue weighted by atomic mass is 16.6. The highest BCUT2D eigenvalue weighted by molar-refractivity contribution is 6.03. The van der Waals surface area contributed by atoms with Crippen molar-refractivity contribution in [3.63, 3.8) is 0 Å². The Hall–Kier alpha value is -4.21. The molecule has 2 rings (SSSR count). The monoisotopic (exact) mass is 524 g/mol. The van der Waals surface area contributed by atoms with Crippen LogP contribution in [-0.4, -0.2) is 47.6 Å². The number of hydrogen-bond donors (Lipinski definition) is 3. The number of guanidine groups is 1. The van der Waals surface area contributed by atoms with Gasteiger partial charge in [-0.15, -0.1) is 0 Å². The Bertz CT molecular complexity index is 1130. The molecule has 0 spiro atoms. The van der Waals surface area contributed by atoms with Crippen LogP contribution in [0.15, 0.2) is 59.6 Å². The number of ether oxygens (including phenoxy) is 2. The summed E-state index contributed by atoms with van der Waals surface area (Å²) in [6.07, 6.45) is -0.770. The van der Waals surface area contributed by atoms with Gasteiger partial charge in [0.25, 0.3) is 5.91 Å². The number of Topliss-reactive ketones (excluding diaryl/α,β-unsaturated/α-hetero) is 1. The van der Waals surface area contributed by atoms with Crippen LogP contribution in [0.3, 0.4) is 0 Å². The molecule has 2 aromatic carbocycles. The minimum atomic E-state index is -0.838. The van der Waals surface area contributed by atoms with E-state index < -0.39 is 29.3 Å². The normalized spacial score (nSPS) is 11.1. The third-order valence-corrected chi connectivity index (χ3v) is 4.57. The quantitative estimate of drug-likeness (QED) is 0.356. The summed E-state index contributed by atoms with van der Waals surface area (Å²) in [4.78, 5) is 53.7. The standard InChI is InChI=1S/C28H36N4O6/c1-27(2,3)37-25(35)31-24(32-26(36)38-28(4,5)6)30-21-14-10-13-20(17-21)23(34)29-18-22(33)16-15-19-11-8-7-9-12-19/h7-14,17H,15-16,18H2,1-6H3,(H,29,34)(H2,30,31,32,35,36). The first-order chi connectivity index (χ1) is 17.7. The lowest BCUT2D eigenvalue weighted by Gasteiger charge is -2.22. The molecule has 0 aliphatic heterocycles. The Morgan fingerprint density at radius 2 is 1.37 bits per heavy atom. The minimum absolute atomic E-state index is 0.0956. The molecule has 0 aliphatic rings. The second kappa shape index (κ2) is 13.4. The van der Waals surface area contributed by atoms with Crippen molar-refractivity contribution in [1.29, 1.82) is 0 Å². The molecule has 3 amide bonds. The number of carbonyl (C=O) groups excluding carboxylic acids is 4. The second-order valence-corrected chi connectivity index (χ2v) is 10.5. The summed E-state index contributed by atoms with van der Waals surface area (Å²) >= 11 is 0. The van der Waals surface area contributed by atoms with E-state index >= 15 is 0 Å². The fourth-order valence-corrected chi connectivity index (χ4v) is 3.03. The largest absolute Gasteiger partial charge is 0.444 e. The summed E-state index contributed by atoms with van der Waals surface area (Å²) in [5, 5.41) is 7.39. The lowest BCUT2D eigenvalue weighted by molar-refractivity contribution is -0.118. The Morgan fingerprint density at radius 1 is 0.789 bits per heavy atom. The van der Waals surface area contributed by atoms with Crippen molar-refractivity contribution in [2.45, 2.75) is 65.6 Å². The van der Waals surface area contributed by atoms with E-state index in [9.17, 15) is 19.2 Å².